The molecular formula is C21H26N6O. The molecule has 3 aliphatic rings. The first-order valence-electron chi connectivity index (χ1n) is 9.94. The van der Waals surface area contributed by atoms with Gasteiger partial charge in [0.2, 0.25) is 5.95 Å². The highest BCUT2D eigenvalue weighted by Crippen LogP contribution is 2.47. The number of carbonyl (C=O) groups excluding carboxylic acids is 1. The highest BCUT2D eigenvalue weighted by Gasteiger charge is 2.54. The number of nitrogens with zero attached hydrogens (tertiary/aromatic N) is 4. The number of likely N-dealkylation sites (tertiary alicyclic amines) is 1. The minimum atomic E-state index is -0.323. The van der Waals surface area contributed by atoms with Crippen LogP contribution in [-0.4, -0.2) is 53.6 Å². The van der Waals surface area contributed by atoms with Crippen molar-refractivity contribution >= 4 is 17.5 Å². The Balaban J connectivity index is 1.32. The van der Waals surface area contributed by atoms with Crippen LogP contribution in [0.3, 0.4) is 0 Å². The van der Waals surface area contributed by atoms with E-state index >= 15 is 0 Å². The summed E-state index contributed by atoms with van der Waals surface area (Å²) in [6.45, 7) is 2.87. The second-order valence-electron chi connectivity index (χ2n) is 8.48. The number of benzene rings is 1. The quantitative estimate of drug-likeness (QED) is 0.850. The van der Waals surface area contributed by atoms with Crippen molar-refractivity contribution < 1.29 is 4.79 Å². The standard InChI is InChI=1S/C21H26N6O/c1-26(2)20-22-9-14(10-23-20)11-27-12-15-7-8-21(17(15)13-27)24-18-6-4-3-5-16(18)19(28)25-21/h3-6,9-10,15,17,24H,7-8,11-13H2,1-2H3,(H,25,28)/t15-,17+,21+/m1/s1. The van der Waals surface area contributed by atoms with E-state index < -0.39 is 0 Å². The molecule has 28 heavy (non-hydrogen) atoms. The molecule has 1 spiro atoms. The normalized spacial score (nSPS) is 28.6. The maximum Gasteiger partial charge on any atom is 0.255 e. The van der Waals surface area contributed by atoms with Crippen LogP contribution in [0, 0.1) is 11.8 Å². The van der Waals surface area contributed by atoms with Gasteiger partial charge in [0, 0.05) is 63.3 Å². The van der Waals surface area contributed by atoms with Gasteiger partial charge in [0.1, 0.15) is 5.66 Å². The molecule has 7 heteroatoms. The van der Waals surface area contributed by atoms with Gasteiger partial charge < -0.3 is 15.5 Å². The lowest BCUT2D eigenvalue weighted by Crippen LogP contribution is -2.61. The third-order valence-electron chi connectivity index (χ3n) is 6.42. The second-order valence-corrected chi connectivity index (χ2v) is 8.48. The summed E-state index contributed by atoms with van der Waals surface area (Å²) in [6.07, 6.45) is 5.95. The summed E-state index contributed by atoms with van der Waals surface area (Å²) in [4.78, 5) is 25.9. The molecule has 1 aromatic heterocycles. The lowest BCUT2D eigenvalue weighted by atomic mass is 9.89. The summed E-state index contributed by atoms with van der Waals surface area (Å²) in [5.41, 5.74) is 2.50. The average Bonchev–Trinajstić information content (AvgIpc) is 3.23. The summed E-state index contributed by atoms with van der Waals surface area (Å²) in [7, 11) is 3.89. The maximum absolute atomic E-state index is 12.7. The fraction of sp³-hybridized carbons (Fsp3) is 0.476. The van der Waals surface area contributed by atoms with Crippen LogP contribution >= 0.6 is 0 Å². The van der Waals surface area contributed by atoms with Gasteiger partial charge in [-0.25, -0.2) is 9.97 Å². The van der Waals surface area contributed by atoms with Gasteiger partial charge in [-0.3, -0.25) is 9.69 Å². The molecule has 5 rings (SSSR count). The van der Waals surface area contributed by atoms with Crippen LogP contribution in [0.25, 0.3) is 0 Å². The molecule has 2 fully saturated rings. The van der Waals surface area contributed by atoms with Gasteiger partial charge in [-0.2, -0.15) is 0 Å². The highest BCUT2D eigenvalue weighted by molar-refractivity contribution is 6.02. The predicted molar refractivity (Wildman–Crippen MR) is 108 cm³/mol. The van der Waals surface area contributed by atoms with Crippen molar-refractivity contribution in [1.82, 2.24) is 20.2 Å². The van der Waals surface area contributed by atoms with Crippen molar-refractivity contribution in [2.45, 2.75) is 25.0 Å². The number of anilines is 2. The van der Waals surface area contributed by atoms with Crippen LogP contribution < -0.4 is 15.5 Å². The predicted octanol–water partition coefficient (Wildman–Crippen LogP) is 1.94. The third-order valence-corrected chi connectivity index (χ3v) is 6.42. The highest BCUT2D eigenvalue weighted by atomic mass is 16.2. The first-order valence-corrected chi connectivity index (χ1v) is 9.94. The molecule has 1 aromatic carbocycles. The fourth-order valence-electron chi connectivity index (χ4n) is 5.10. The molecule has 146 valence electrons. The van der Waals surface area contributed by atoms with Crippen LogP contribution in [0.1, 0.15) is 28.8 Å². The second kappa shape index (κ2) is 6.44. The minimum Gasteiger partial charge on any atom is -0.362 e. The zero-order valence-electron chi connectivity index (χ0n) is 16.4. The van der Waals surface area contributed by atoms with Crippen molar-refractivity contribution in [3.63, 3.8) is 0 Å². The lowest BCUT2D eigenvalue weighted by molar-refractivity contribution is 0.0871. The van der Waals surface area contributed by atoms with E-state index in [2.05, 4.69) is 25.5 Å². The van der Waals surface area contributed by atoms with Crippen molar-refractivity contribution in [2.24, 2.45) is 11.8 Å². The van der Waals surface area contributed by atoms with Gasteiger partial charge in [-0.1, -0.05) is 12.1 Å². The molecule has 1 aliphatic carbocycles. The van der Waals surface area contributed by atoms with Crippen LogP contribution in [-0.2, 0) is 6.54 Å². The van der Waals surface area contributed by atoms with Gasteiger partial charge in [0.15, 0.2) is 0 Å². The summed E-state index contributed by atoms with van der Waals surface area (Å²) in [5, 5.41) is 7.01. The monoisotopic (exact) mass is 378 g/mol. The Morgan fingerprint density at radius 3 is 2.75 bits per heavy atom. The van der Waals surface area contributed by atoms with Gasteiger partial charge in [-0.15, -0.1) is 0 Å². The van der Waals surface area contributed by atoms with Gasteiger partial charge >= 0.3 is 0 Å². The van der Waals surface area contributed by atoms with Gasteiger partial charge in [0.05, 0.1) is 5.56 Å². The van der Waals surface area contributed by atoms with E-state index in [-0.39, 0.29) is 11.6 Å². The largest absolute Gasteiger partial charge is 0.362 e. The lowest BCUT2D eigenvalue weighted by Gasteiger charge is -2.42. The number of hydrogen-bond donors (Lipinski definition) is 2. The third kappa shape index (κ3) is 2.81. The van der Waals surface area contributed by atoms with Crippen molar-refractivity contribution in [3.05, 3.63) is 47.8 Å². The summed E-state index contributed by atoms with van der Waals surface area (Å²) < 4.78 is 0. The Bertz CT molecular complexity index is 898. The van der Waals surface area contributed by atoms with E-state index in [0.717, 1.165) is 55.2 Å². The SMILES string of the molecule is CN(C)c1ncc(CN2C[C@H]3CC[C@]4(NC(=O)c5ccccc5N4)[C@H]3C2)cn1. The fourth-order valence-corrected chi connectivity index (χ4v) is 5.10. The summed E-state index contributed by atoms with van der Waals surface area (Å²) in [5.74, 6) is 1.78. The minimum absolute atomic E-state index is 0.0427. The first kappa shape index (κ1) is 17.4. The topological polar surface area (TPSA) is 73.4 Å². The maximum atomic E-state index is 12.7. The van der Waals surface area contributed by atoms with Gasteiger partial charge in [-0.05, 0) is 30.9 Å². The van der Waals surface area contributed by atoms with E-state index in [4.69, 9.17) is 0 Å². The Labute approximate surface area is 165 Å². The van der Waals surface area contributed by atoms with E-state index in [1.807, 2.05) is 55.7 Å². The number of hydrogen-bond acceptors (Lipinski definition) is 6. The Morgan fingerprint density at radius 2 is 1.96 bits per heavy atom. The molecule has 3 heterocycles. The average molecular weight is 378 g/mol. The van der Waals surface area contributed by atoms with E-state index in [1.54, 1.807) is 0 Å². The number of para-hydroxylation sites is 1. The number of fused-ring (bicyclic) bond motifs is 3. The number of aromatic nitrogens is 2. The van der Waals surface area contributed by atoms with Crippen LogP contribution in [0.5, 0.6) is 0 Å². The molecule has 7 nitrogen and oxygen atoms in total. The molecule has 1 saturated carbocycles. The van der Waals surface area contributed by atoms with Crippen LogP contribution in [0.4, 0.5) is 11.6 Å². The van der Waals surface area contributed by atoms with Crippen LogP contribution in [0.2, 0.25) is 0 Å². The Kier molecular flexibility index (Phi) is 4.01. The molecule has 0 radical (unpaired) electrons. The van der Waals surface area contributed by atoms with E-state index in [0.29, 0.717) is 11.8 Å². The van der Waals surface area contributed by atoms with Crippen molar-refractivity contribution in [2.75, 3.05) is 37.4 Å². The number of rotatable bonds is 3. The van der Waals surface area contributed by atoms with Crippen LogP contribution in [0.15, 0.2) is 36.7 Å². The van der Waals surface area contributed by atoms with Crippen molar-refractivity contribution in [1.29, 1.82) is 0 Å². The zero-order chi connectivity index (χ0) is 19.3. The Morgan fingerprint density at radius 1 is 1.18 bits per heavy atom. The molecule has 2 aliphatic heterocycles. The van der Waals surface area contributed by atoms with E-state index in [9.17, 15) is 4.79 Å². The molecule has 2 aromatic rings. The molecule has 1 saturated heterocycles. The molecule has 0 bridgehead atoms. The van der Waals surface area contributed by atoms with Gasteiger partial charge in [0.25, 0.3) is 5.91 Å². The first-order chi connectivity index (χ1) is 13.5. The number of amides is 1. The smallest absolute Gasteiger partial charge is 0.255 e. The molecule has 0 unspecified atom stereocenters. The molecule has 3 atom stereocenters. The molecular weight excluding hydrogens is 352 g/mol. The van der Waals surface area contributed by atoms with Crippen molar-refractivity contribution in [3.8, 4) is 0 Å². The molecule has 2 N–H and O–H groups in total. The zero-order valence-corrected chi connectivity index (χ0v) is 16.4. The Hall–Kier alpha value is -2.67. The number of nitrogens with one attached hydrogen (secondary N) is 2. The van der Waals surface area contributed by atoms with E-state index in [1.165, 1.54) is 0 Å². The number of carbonyl (C=O) groups is 1. The summed E-state index contributed by atoms with van der Waals surface area (Å²) >= 11 is 0. The summed E-state index contributed by atoms with van der Waals surface area (Å²) in [6, 6.07) is 7.80. The molecule has 1 amide bonds.